The zero-order valence-electron chi connectivity index (χ0n) is 13.6. The van der Waals surface area contributed by atoms with Crippen LogP contribution in [-0.2, 0) is 0 Å². The number of piperazine rings is 1. The van der Waals surface area contributed by atoms with E-state index in [1.165, 1.54) is 23.5 Å². The highest BCUT2D eigenvalue weighted by Gasteiger charge is 2.26. The van der Waals surface area contributed by atoms with Crippen LogP contribution in [0.25, 0.3) is 10.1 Å². The molecule has 1 aliphatic rings. The van der Waals surface area contributed by atoms with E-state index < -0.39 is 0 Å². The zero-order valence-corrected chi connectivity index (χ0v) is 15.9. The Labute approximate surface area is 163 Å². The summed E-state index contributed by atoms with van der Waals surface area (Å²) in [5.74, 6) is 0.354. The minimum absolute atomic E-state index is 0.115. The van der Waals surface area contributed by atoms with E-state index in [1.807, 2.05) is 12.1 Å². The molecule has 1 fully saturated rings. The summed E-state index contributed by atoms with van der Waals surface area (Å²) in [6, 6.07) is 9.87. The highest BCUT2D eigenvalue weighted by molar-refractivity contribution is 7.21. The lowest BCUT2D eigenvalue weighted by molar-refractivity contribution is 0.0751. The second-order valence-corrected chi connectivity index (χ2v) is 7.80. The van der Waals surface area contributed by atoms with Gasteiger partial charge in [0.1, 0.15) is 21.7 Å². The van der Waals surface area contributed by atoms with E-state index in [-0.39, 0.29) is 11.7 Å². The molecule has 4 rings (SSSR count). The topological polar surface area (TPSA) is 36.4 Å². The number of amides is 1. The largest absolute Gasteiger partial charge is 0.353 e. The average Bonchev–Trinajstić information content (AvgIpc) is 2.97. The Morgan fingerprint density at radius 2 is 1.88 bits per heavy atom. The predicted octanol–water partition coefficient (Wildman–Crippen LogP) is 4.70. The summed E-state index contributed by atoms with van der Waals surface area (Å²) < 4.78 is 14.1. The Morgan fingerprint density at radius 1 is 1.12 bits per heavy atom. The number of thiophene rings is 1. The van der Waals surface area contributed by atoms with Gasteiger partial charge >= 0.3 is 0 Å². The van der Waals surface area contributed by atoms with Gasteiger partial charge in [0.15, 0.2) is 0 Å². The molecule has 4 nitrogen and oxygen atoms in total. The first-order valence-corrected chi connectivity index (χ1v) is 9.64. The number of carbonyl (C=O) groups excluding carboxylic acids is 1. The summed E-state index contributed by atoms with van der Waals surface area (Å²) in [6.07, 6.45) is 0. The highest BCUT2D eigenvalue weighted by atomic mass is 35.5. The van der Waals surface area contributed by atoms with E-state index in [1.54, 1.807) is 17.0 Å². The molecule has 8 heteroatoms. The Bertz CT molecular complexity index is 986. The molecule has 0 unspecified atom stereocenters. The lowest BCUT2D eigenvalue weighted by Gasteiger charge is -2.35. The second-order valence-electron chi connectivity index (χ2n) is 5.98. The standard InChI is InChI=1S/C18H14Cl2FN3OS/c19-14-2-1-3-15(22-14)23-6-8-24(9-7-23)18(25)17-16(20)12-5-4-11(21)10-13(12)26-17/h1-5,10H,6-9H2. The average molecular weight is 410 g/mol. The number of hydrogen-bond donors (Lipinski definition) is 0. The molecule has 0 N–H and O–H groups in total. The van der Waals surface area contributed by atoms with Gasteiger partial charge in [-0.1, -0.05) is 29.3 Å². The minimum Gasteiger partial charge on any atom is -0.353 e. The van der Waals surface area contributed by atoms with Gasteiger partial charge in [-0.3, -0.25) is 4.79 Å². The summed E-state index contributed by atoms with van der Waals surface area (Å²) in [4.78, 5) is 21.5. The van der Waals surface area contributed by atoms with Crippen molar-refractivity contribution in [2.45, 2.75) is 0 Å². The van der Waals surface area contributed by atoms with Crippen LogP contribution in [0.5, 0.6) is 0 Å². The third kappa shape index (κ3) is 3.24. The predicted molar refractivity (Wildman–Crippen MR) is 104 cm³/mol. The Kier molecular flexibility index (Phi) is 4.73. The van der Waals surface area contributed by atoms with Crippen LogP contribution < -0.4 is 4.90 Å². The number of halogens is 3. The molecule has 3 aromatic rings. The Balaban J connectivity index is 1.51. The van der Waals surface area contributed by atoms with E-state index in [0.717, 1.165) is 5.82 Å². The number of anilines is 1. The van der Waals surface area contributed by atoms with Gasteiger partial charge < -0.3 is 9.80 Å². The molecule has 0 bridgehead atoms. The van der Waals surface area contributed by atoms with E-state index in [4.69, 9.17) is 23.2 Å². The van der Waals surface area contributed by atoms with Crippen molar-refractivity contribution < 1.29 is 9.18 Å². The molecule has 0 saturated carbocycles. The third-order valence-electron chi connectivity index (χ3n) is 4.38. The van der Waals surface area contributed by atoms with E-state index in [0.29, 0.717) is 51.3 Å². The van der Waals surface area contributed by atoms with Crippen LogP contribution in [-0.4, -0.2) is 42.0 Å². The van der Waals surface area contributed by atoms with Gasteiger partial charge in [0.2, 0.25) is 0 Å². The first-order valence-electron chi connectivity index (χ1n) is 8.07. The Hall–Kier alpha value is -1.89. The fourth-order valence-corrected chi connectivity index (χ4v) is 4.70. The molecular formula is C18H14Cl2FN3OS. The maximum atomic E-state index is 13.4. The lowest BCUT2D eigenvalue weighted by atomic mass is 10.2. The van der Waals surface area contributed by atoms with Crippen LogP contribution in [0.2, 0.25) is 10.2 Å². The molecular weight excluding hydrogens is 396 g/mol. The van der Waals surface area contributed by atoms with Crippen molar-refractivity contribution >= 4 is 56.3 Å². The first-order chi connectivity index (χ1) is 12.5. The number of aromatic nitrogens is 1. The molecule has 3 heterocycles. The maximum Gasteiger partial charge on any atom is 0.265 e. The van der Waals surface area contributed by atoms with Crippen LogP contribution in [0.3, 0.4) is 0 Å². The fourth-order valence-electron chi connectivity index (χ4n) is 3.03. The molecule has 1 amide bonds. The van der Waals surface area contributed by atoms with Crippen molar-refractivity contribution in [3.05, 3.63) is 57.3 Å². The summed E-state index contributed by atoms with van der Waals surface area (Å²) in [7, 11) is 0. The quantitative estimate of drug-likeness (QED) is 0.575. The van der Waals surface area contributed by atoms with Crippen molar-refractivity contribution in [2.24, 2.45) is 0 Å². The monoisotopic (exact) mass is 409 g/mol. The van der Waals surface area contributed by atoms with E-state index in [9.17, 15) is 9.18 Å². The maximum absolute atomic E-state index is 13.4. The SMILES string of the molecule is O=C(c1sc2cc(F)ccc2c1Cl)N1CCN(c2cccc(Cl)n2)CC1. The van der Waals surface area contributed by atoms with Crippen LogP contribution >= 0.6 is 34.5 Å². The first kappa shape index (κ1) is 17.5. The number of fused-ring (bicyclic) bond motifs is 1. The normalized spacial score (nSPS) is 14.9. The highest BCUT2D eigenvalue weighted by Crippen LogP contribution is 2.36. The van der Waals surface area contributed by atoms with Crippen LogP contribution in [0.4, 0.5) is 10.2 Å². The molecule has 26 heavy (non-hydrogen) atoms. The molecule has 0 spiro atoms. The minimum atomic E-state index is -0.336. The van der Waals surface area contributed by atoms with Crippen molar-refractivity contribution in [2.75, 3.05) is 31.1 Å². The number of nitrogens with zero attached hydrogens (tertiary/aromatic N) is 3. The van der Waals surface area contributed by atoms with Crippen LogP contribution in [0, 0.1) is 5.82 Å². The fraction of sp³-hybridized carbons (Fsp3) is 0.222. The van der Waals surface area contributed by atoms with Crippen LogP contribution in [0.1, 0.15) is 9.67 Å². The molecule has 1 saturated heterocycles. The van der Waals surface area contributed by atoms with Gasteiger partial charge in [0.05, 0.1) is 5.02 Å². The molecule has 0 atom stereocenters. The Morgan fingerprint density at radius 3 is 2.62 bits per heavy atom. The zero-order chi connectivity index (χ0) is 18.3. The van der Waals surface area contributed by atoms with E-state index in [2.05, 4.69) is 9.88 Å². The van der Waals surface area contributed by atoms with Crippen LogP contribution in [0.15, 0.2) is 36.4 Å². The number of benzene rings is 1. The van der Waals surface area contributed by atoms with Crippen molar-refractivity contribution in [3.8, 4) is 0 Å². The molecule has 0 aliphatic carbocycles. The van der Waals surface area contributed by atoms with Gasteiger partial charge in [-0.25, -0.2) is 9.37 Å². The summed E-state index contributed by atoms with van der Waals surface area (Å²) >= 11 is 13.6. The molecule has 0 radical (unpaired) electrons. The molecule has 134 valence electrons. The van der Waals surface area contributed by atoms with Gasteiger partial charge in [0.25, 0.3) is 5.91 Å². The summed E-state index contributed by atoms with van der Waals surface area (Å²) in [5.41, 5.74) is 0. The van der Waals surface area contributed by atoms with Gasteiger partial charge in [0, 0.05) is 36.3 Å². The number of pyridine rings is 1. The van der Waals surface area contributed by atoms with Crippen molar-refractivity contribution in [1.29, 1.82) is 0 Å². The molecule has 1 aliphatic heterocycles. The smallest absolute Gasteiger partial charge is 0.265 e. The van der Waals surface area contributed by atoms with E-state index >= 15 is 0 Å². The third-order valence-corrected chi connectivity index (χ3v) is 6.23. The molecule has 2 aromatic heterocycles. The number of rotatable bonds is 2. The van der Waals surface area contributed by atoms with Gasteiger partial charge in [-0.15, -0.1) is 11.3 Å². The second kappa shape index (κ2) is 7.02. The molecule has 1 aromatic carbocycles. The van der Waals surface area contributed by atoms with Crippen molar-refractivity contribution in [1.82, 2.24) is 9.88 Å². The summed E-state index contributed by atoms with van der Waals surface area (Å²) in [5, 5.41) is 1.56. The van der Waals surface area contributed by atoms with Crippen molar-refractivity contribution in [3.63, 3.8) is 0 Å². The van der Waals surface area contributed by atoms with Gasteiger partial charge in [-0.05, 0) is 30.3 Å². The lowest BCUT2D eigenvalue weighted by Crippen LogP contribution is -2.49. The number of hydrogen-bond acceptors (Lipinski definition) is 4. The summed E-state index contributed by atoms with van der Waals surface area (Å²) in [6.45, 7) is 2.45. The van der Waals surface area contributed by atoms with Gasteiger partial charge in [-0.2, -0.15) is 0 Å². The number of carbonyl (C=O) groups is 1.